The Bertz CT molecular complexity index is 454. The first-order valence-corrected chi connectivity index (χ1v) is 6.46. The first-order chi connectivity index (χ1) is 9.77. The fraction of sp³-hybridized carbons (Fsp3) is 0.467. The van der Waals surface area contributed by atoms with Crippen LogP contribution in [0.4, 0.5) is 4.39 Å². The van der Waals surface area contributed by atoms with Gasteiger partial charge in [0.2, 0.25) is 0 Å². The molecule has 0 unspecified atom stereocenters. The summed E-state index contributed by atoms with van der Waals surface area (Å²) in [7, 11) is 1.65. The molecule has 0 bridgehead atoms. The smallest absolute Gasteiger partial charge is 0.142 e. The molecule has 0 saturated heterocycles. The second-order valence-corrected chi connectivity index (χ2v) is 3.95. The number of nitrogens with two attached hydrogens (primary N) is 1. The molecule has 20 heavy (non-hydrogen) atoms. The summed E-state index contributed by atoms with van der Waals surface area (Å²) < 4.78 is 29.2. The van der Waals surface area contributed by atoms with Crippen LogP contribution in [-0.4, -0.2) is 40.1 Å². The third kappa shape index (κ3) is 6.53. The minimum atomic E-state index is -0.413. The van der Waals surface area contributed by atoms with Crippen molar-refractivity contribution in [3.8, 4) is 17.6 Å². The third-order valence-corrected chi connectivity index (χ3v) is 2.40. The van der Waals surface area contributed by atoms with Crippen molar-refractivity contribution in [2.45, 2.75) is 6.42 Å². The van der Waals surface area contributed by atoms with Crippen molar-refractivity contribution in [2.24, 2.45) is 5.73 Å². The molecule has 0 spiro atoms. The van der Waals surface area contributed by atoms with Crippen LogP contribution >= 0.6 is 0 Å². The molecule has 0 aliphatic carbocycles. The highest BCUT2D eigenvalue weighted by Gasteiger charge is 2.02. The first-order valence-electron chi connectivity index (χ1n) is 6.46. The van der Waals surface area contributed by atoms with E-state index in [1.807, 2.05) is 0 Å². The van der Waals surface area contributed by atoms with Crippen LogP contribution in [0.15, 0.2) is 18.2 Å². The third-order valence-electron chi connectivity index (χ3n) is 2.40. The molecular weight excluding hydrogens is 261 g/mol. The number of rotatable bonds is 8. The number of hydrogen-bond acceptors (Lipinski definition) is 4. The molecule has 5 heteroatoms. The molecule has 2 N–H and O–H groups in total. The van der Waals surface area contributed by atoms with Crippen LogP contribution in [0, 0.1) is 17.7 Å². The minimum Gasteiger partial charge on any atom is -0.491 e. The maximum Gasteiger partial charge on any atom is 0.142 e. The lowest BCUT2D eigenvalue weighted by atomic mass is 10.2. The van der Waals surface area contributed by atoms with Crippen LogP contribution in [0.3, 0.4) is 0 Å². The van der Waals surface area contributed by atoms with E-state index in [-0.39, 0.29) is 6.54 Å². The Hall–Kier alpha value is -1.61. The van der Waals surface area contributed by atoms with Crippen LogP contribution in [-0.2, 0) is 9.47 Å². The maximum absolute atomic E-state index is 13.6. The molecule has 1 rings (SSSR count). The van der Waals surface area contributed by atoms with Crippen LogP contribution in [0.2, 0.25) is 0 Å². The summed E-state index contributed by atoms with van der Waals surface area (Å²) in [6.07, 6.45) is 0.847. The Balaban J connectivity index is 2.29. The van der Waals surface area contributed by atoms with Gasteiger partial charge in [0.25, 0.3) is 0 Å². The normalized spacial score (nSPS) is 9.95. The Morgan fingerprint density at radius 3 is 2.75 bits per heavy atom. The summed E-state index contributed by atoms with van der Waals surface area (Å²) in [6.45, 7) is 2.34. The fourth-order valence-electron chi connectivity index (χ4n) is 1.46. The van der Waals surface area contributed by atoms with Gasteiger partial charge in [-0.05, 0) is 18.6 Å². The van der Waals surface area contributed by atoms with Crippen molar-refractivity contribution in [3.05, 3.63) is 29.6 Å². The second kappa shape index (κ2) is 10.2. The summed E-state index contributed by atoms with van der Waals surface area (Å²) in [5.74, 6) is 5.31. The molecule has 0 aromatic heterocycles. The van der Waals surface area contributed by atoms with Crippen molar-refractivity contribution >= 4 is 0 Å². The summed E-state index contributed by atoms with van der Waals surface area (Å²) in [4.78, 5) is 0. The predicted octanol–water partition coefficient (Wildman–Crippen LogP) is 1.57. The zero-order valence-corrected chi connectivity index (χ0v) is 11.7. The molecule has 4 nitrogen and oxygen atoms in total. The highest BCUT2D eigenvalue weighted by molar-refractivity contribution is 5.39. The molecule has 0 heterocycles. The van der Waals surface area contributed by atoms with E-state index in [9.17, 15) is 4.39 Å². The number of halogens is 1. The largest absolute Gasteiger partial charge is 0.491 e. The summed E-state index contributed by atoms with van der Waals surface area (Å²) >= 11 is 0. The Kier molecular flexibility index (Phi) is 8.40. The van der Waals surface area contributed by atoms with Crippen molar-refractivity contribution in [1.82, 2.24) is 0 Å². The molecular formula is C15H20FNO3. The van der Waals surface area contributed by atoms with Gasteiger partial charge in [0.05, 0.1) is 18.7 Å². The number of ether oxygens (including phenoxy) is 3. The Morgan fingerprint density at radius 1 is 1.20 bits per heavy atom. The van der Waals surface area contributed by atoms with Crippen molar-refractivity contribution in [3.63, 3.8) is 0 Å². The number of benzene rings is 1. The molecule has 0 aliphatic rings. The van der Waals surface area contributed by atoms with Crippen LogP contribution in [0.5, 0.6) is 5.75 Å². The van der Waals surface area contributed by atoms with Crippen molar-refractivity contribution in [2.75, 3.05) is 40.1 Å². The molecule has 0 atom stereocenters. The van der Waals surface area contributed by atoms with Crippen LogP contribution in [0.25, 0.3) is 0 Å². The summed E-state index contributed by atoms with van der Waals surface area (Å²) in [5, 5.41) is 0. The van der Waals surface area contributed by atoms with Gasteiger partial charge in [-0.1, -0.05) is 11.8 Å². The van der Waals surface area contributed by atoms with Gasteiger partial charge in [0.15, 0.2) is 0 Å². The van der Waals surface area contributed by atoms with Gasteiger partial charge in [-0.15, -0.1) is 0 Å². The van der Waals surface area contributed by atoms with Crippen molar-refractivity contribution < 1.29 is 18.6 Å². The van der Waals surface area contributed by atoms with E-state index in [4.69, 9.17) is 19.9 Å². The lowest BCUT2D eigenvalue weighted by molar-refractivity contribution is 0.0806. The standard InChI is InChI=1S/C15H20FNO3/c1-18-8-3-9-19-10-11-20-14-6-5-13(4-2-7-17)15(16)12-14/h5-6,12H,3,7-11,17H2,1H3. The zero-order valence-electron chi connectivity index (χ0n) is 11.7. The highest BCUT2D eigenvalue weighted by Crippen LogP contribution is 2.15. The molecule has 0 saturated carbocycles. The molecule has 1 aromatic carbocycles. The minimum absolute atomic E-state index is 0.206. The van der Waals surface area contributed by atoms with Crippen LogP contribution in [0.1, 0.15) is 12.0 Å². The van der Waals surface area contributed by atoms with E-state index >= 15 is 0 Å². The number of hydrogen-bond donors (Lipinski definition) is 1. The Morgan fingerprint density at radius 2 is 2.05 bits per heavy atom. The highest BCUT2D eigenvalue weighted by atomic mass is 19.1. The Labute approximate surface area is 119 Å². The monoisotopic (exact) mass is 281 g/mol. The quantitative estimate of drug-likeness (QED) is 0.580. The second-order valence-electron chi connectivity index (χ2n) is 3.95. The van der Waals surface area contributed by atoms with E-state index in [0.717, 1.165) is 6.42 Å². The van der Waals surface area contributed by atoms with E-state index in [2.05, 4.69) is 11.8 Å². The van der Waals surface area contributed by atoms with Gasteiger partial charge in [-0.3, -0.25) is 0 Å². The first kappa shape index (κ1) is 16.4. The van der Waals surface area contributed by atoms with E-state index in [1.165, 1.54) is 6.07 Å². The molecule has 1 aromatic rings. The van der Waals surface area contributed by atoms with E-state index in [0.29, 0.717) is 37.7 Å². The van der Waals surface area contributed by atoms with Gasteiger partial charge >= 0.3 is 0 Å². The molecule has 0 radical (unpaired) electrons. The molecule has 0 aliphatic heterocycles. The topological polar surface area (TPSA) is 53.7 Å². The SMILES string of the molecule is COCCCOCCOc1ccc(C#CCN)c(F)c1. The number of methoxy groups -OCH3 is 1. The molecule has 110 valence electrons. The van der Waals surface area contributed by atoms with Gasteiger partial charge in [-0.25, -0.2) is 4.39 Å². The van der Waals surface area contributed by atoms with Gasteiger partial charge < -0.3 is 19.9 Å². The van der Waals surface area contributed by atoms with Crippen molar-refractivity contribution in [1.29, 1.82) is 0 Å². The lowest BCUT2D eigenvalue weighted by Gasteiger charge is -2.07. The van der Waals surface area contributed by atoms with E-state index < -0.39 is 5.82 Å². The molecule has 0 amide bonds. The zero-order chi connectivity index (χ0) is 14.6. The van der Waals surface area contributed by atoms with E-state index in [1.54, 1.807) is 19.2 Å². The summed E-state index contributed by atoms with van der Waals surface area (Å²) in [5.41, 5.74) is 5.56. The van der Waals surface area contributed by atoms with Crippen LogP contribution < -0.4 is 10.5 Å². The maximum atomic E-state index is 13.6. The fourth-order valence-corrected chi connectivity index (χ4v) is 1.46. The molecule has 0 fully saturated rings. The predicted molar refractivity (Wildman–Crippen MR) is 75.1 cm³/mol. The lowest BCUT2D eigenvalue weighted by Crippen LogP contribution is -2.08. The van der Waals surface area contributed by atoms with Gasteiger partial charge in [-0.2, -0.15) is 0 Å². The average Bonchev–Trinajstić information content (AvgIpc) is 2.45. The van der Waals surface area contributed by atoms with Gasteiger partial charge in [0, 0.05) is 26.4 Å². The summed E-state index contributed by atoms with van der Waals surface area (Å²) in [6, 6.07) is 4.56. The van der Waals surface area contributed by atoms with Gasteiger partial charge in [0.1, 0.15) is 18.2 Å². The average molecular weight is 281 g/mol.